The van der Waals surface area contributed by atoms with Gasteiger partial charge in [-0.1, -0.05) is 6.07 Å². The van der Waals surface area contributed by atoms with Gasteiger partial charge in [0.25, 0.3) is 0 Å². The molecule has 0 fully saturated rings. The fourth-order valence-corrected chi connectivity index (χ4v) is 2.55. The van der Waals surface area contributed by atoms with Crippen LogP contribution in [0.4, 0.5) is 42.5 Å². The Morgan fingerprint density at radius 3 is 2.33 bits per heavy atom. The van der Waals surface area contributed by atoms with Gasteiger partial charge in [-0.3, -0.25) is 0 Å². The van der Waals surface area contributed by atoms with Gasteiger partial charge in [-0.2, -0.15) is 26.3 Å². The van der Waals surface area contributed by atoms with Crippen LogP contribution in [-0.4, -0.2) is 34.6 Å². The molecule has 0 radical (unpaired) electrons. The van der Waals surface area contributed by atoms with Crippen molar-refractivity contribution in [3.8, 4) is 0 Å². The molecule has 1 heterocycles. The molecule has 33 heavy (non-hydrogen) atoms. The lowest BCUT2D eigenvalue weighted by Crippen LogP contribution is -2.34. The third-order valence-electron chi connectivity index (χ3n) is 3.76. The lowest BCUT2D eigenvalue weighted by Gasteiger charge is -2.25. The summed E-state index contributed by atoms with van der Waals surface area (Å²) in [6, 6.07) is 2.22. The zero-order valence-corrected chi connectivity index (χ0v) is 17.6. The van der Waals surface area contributed by atoms with Gasteiger partial charge in [0.2, 0.25) is 11.8 Å². The number of halogens is 6. The number of alkyl carbamates (subject to hydrolysis) is 1. The normalized spacial score (nSPS) is 12.2. The van der Waals surface area contributed by atoms with Crippen LogP contribution in [0.5, 0.6) is 0 Å². The van der Waals surface area contributed by atoms with Crippen molar-refractivity contribution in [3.05, 3.63) is 47.0 Å². The highest BCUT2D eigenvalue weighted by molar-refractivity contribution is 5.67. The summed E-state index contributed by atoms with van der Waals surface area (Å²) in [7, 11) is 0. The number of anilines is 1. The van der Waals surface area contributed by atoms with Crippen molar-refractivity contribution < 1.29 is 40.3 Å². The van der Waals surface area contributed by atoms with Gasteiger partial charge >= 0.3 is 18.4 Å². The third kappa shape index (κ3) is 8.17. The highest BCUT2D eigenvalue weighted by Gasteiger charge is 2.36. The summed E-state index contributed by atoms with van der Waals surface area (Å²) in [5.74, 6) is -0.481. The van der Waals surface area contributed by atoms with E-state index >= 15 is 0 Å². The van der Waals surface area contributed by atoms with Crippen LogP contribution in [-0.2, 0) is 24.0 Å². The molecule has 0 aliphatic rings. The fourth-order valence-electron chi connectivity index (χ4n) is 2.55. The summed E-state index contributed by atoms with van der Waals surface area (Å²) >= 11 is 0. The van der Waals surface area contributed by atoms with Gasteiger partial charge in [0.1, 0.15) is 12.1 Å². The molecule has 8 nitrogen and oxygen atoms in total. The SMILES string of the molecule is [C-]#[N+]c1ccc(N(Cc2nnc(CNC(=O)OC(C)(C)C)o2)CC(F)(F)F)cc1C(F)(F)F. The third-order valence-corrected chi connectivity index (χ3v) is 3.76. The molecule has 1 aromatic heterocycles. The summed E-state index contributed by atoms with van der Waals surface area (Å²) in [4.78, 5) is 15.0. The largest absolute Gasteiger partial charge is 0.444 e. The number of nitrogens with one attached hydrogen (secondary N) is 1. The minimum atomic E-state index is -4.94. The number of hydrogen-bond donors (Lipinski definition) is 1. The second-order valence-corrected chi connectivity index (χ2v) is 7.73. The van der Waals surface area contributed by atoms with E-state index in [1.807, 2.05) is 0 Å². The highest BCUT2D eigenvalue weighted by Crippen LogP contribution is 2.39. The Kier molecular flexibility index (Phi) is 7.46. The summed E-state index contributed by atoms with van der Waals surface area (Å²) in [6.07, 6.45) is -10.5. The number of ether oxygens (including phenoxy) is 1. The van der Waals surface area contributed by atoms with Crippen LogP contribution < -0.4 is 10.2 Å². The molecule has 0 bridgehead atoms. The Balaban J connectivity index is 2.23. The van der Waals surface area contributed by atoms with E-state index in [2.05, 4.69) is 20.4 Å². The van der Waals surface area contributed by atoms with E-state index in [9.17, 15) is 31.1 Å². The Hall–Kier alpha value is -3.50. The van der Waals surface area contributed by atoms with Crippen LogP contribution in [0.25, 0.3) is 4.85 Å². The first-order valence-corrected chi connectivity index (χ1v) is 9.26. The van der Waals surface area contributed by atoms with Crippen LogP contribution in [0, 0.1) is 6.57 Å². The maximum atomic E-state index is 13.2. The number of nitrogens with zero attached hydrogens (tertiary/aromatic N) is 4. The highest BCUT2D eigenvalue weighted by atomic mass is 19.4. The molecule has 2 aromatic rings. The van der Waals surface area contributed by atoms with Gasteiger partial charge in [0.05, 0.1) is 25.2 Å². The van der Waals surface area contributed by atoms with E-state index in [4.69, 9.17) is 15.7 Å². The van der Waals surface area contributed by atoms with E-state index in [1.165, 1.54) is 0 Å². The minimum absolute atomic E-state index is 0.151. The van der Waals surface area contributed by atoms with Crippen molar-refractivity contribution in [2.45, 2.75) is 51.8 Å². The Morgan fingerprint density at radius 1 is 1.15 bits per heavy atom. The number of aromatic nitrogens is 2. The first-order valence-electron chi connectivity index (χ1n) is 9.26. The fraction of sp³-hybridized carbons (Fsp3) is 0.474. The molecule has 0 atom stereocenters. The molecule has 0 aliphatic heterocycles. The Labute approximate surface area is 184 Å². The van der Waals surface area contributed by atoms with Crippen LogP contribution in [0.15, 0.2) is 22.6 Å². The average Bonchev–Trinajstić information content (AvgIpc) is 3.09. The van der Waals surface area contributed by atoms with Crippen LogP contribution in [0.2, 0.25) is 0 Å². The van der Waals surface area contributed by atoms with Gasteiger partial charge in [0.15, 0.2) is 5.69 Å². The van der Waals surface area contributed by atoms with Crippen LogP contribution in [0.3, 0.4) is 0 Å². The Morgan fingerprint density at radius 2 is 1.79 bits per heavy atom. The van der Waals surface area contributed by atoms with Crippen molar-refractivity contribution in [3.63, 3.8) is 0 Å². The van der Waals surface area contributed by atoms with Crippen molar-refractivity contribution in [1.82, 2.24) is 15.5 Å². The van der Waals surface area contributed by atoms with Gasteiger partial charge < -0.3 is 19.4 Å². The van der Waals surface area contributed by atoms with E-state index < -0.39 is 54.1 Å². The second kappa shape index (κ2) is 9.55. The predicted molar refractivity (Wildman–Crippen MR) is 102 cm³/mol. The zero-order chi connectivity index (χ0) is 25.0. The number of hydrogen-bond acceptors (Lipinski definition) is 6. The number of amides is 1. The second-order valence-electron chi connectivity index (χ2n) is 7.73. The van der Waals surface area contributed by atoms with E-state index in [1.54, 1.807) is 20.8 Å². The Bertz CT molecular complexity index is 1020. The van der Waals surface area contributed by atoms with Gasteiger partial charge in [0, 0.05) is 5.69 Å². The molecule has 180 valence electrons. The minimum Gasteiger partial charge on any atom is -0.444 e. The number of benzene rings is 1. The molecule has 0 saturated carbocycles. The summed E-state index contributed by atoms with van der Waals surface area (Å²) in [5.41, 5.74) is -3.32. The predicted octanol–water partition coefficient (Wildman–Crippen LogP) is 5.23. The molecule has 0 unspecified atom stereocenters. The van der Waals surface area contributed by atoms with Crippen LogP contribution in [0.1, 0.15) is 38.1 Å². The molecule has 1 N–H and O–H groups in total. The van der Waals surface area contributed by atoms with Gasteiger partial charge in [-0.15, -0.1) is 10.2 Å². The lowest BCUT2D eigenvalue weighted by atomic mass is 10.1. The standard InChI is InChI=1S/C19H19F6N5O3/c1-17(2,3)33-16(31)27-8-14-28-29-15(32-14)9-30(10-18(20,21)22)11-5-6-13(26-4)12(7-11)19(23,24)25/h5-7H,8-10H2,1-3H3,(H,27,31). The van der Waals surface area contributed by atoms with Gasteiger partial charge in [-0.25, -0.2) is 9.64 Å². The summed E-state index contributed by atoms with van der Waals surface area (Å²) in [6.45, 7) is 9.20. The summed E-state index contributed by atoms with van der Waals surface area (Å²) in [5, 5.41) is 9.50. The number of alkyl halides is 6. The monoisotopic (exact) mass is 479 g/mol. The van der Waals surface area contributed by atoms with Crippen molar-refractivity contribution in [2.24, 2.45) is 0 Å². The first kappa shape index (κ1) is 25.8. The maximum absolute atomic E-state index is 13.2. The number of carbonyl (C=O) groups is 1. The first-order chi connectivity index (χ1) is 15.1. The molecule has 2 rings (SSSR count). The van der Waals surface area contributed by atoms with E-state index in [0.29, 0.717) is 11.0 Å². The topological polar surface area (TPSA) is 84.9 Å². The molecule has 0 aliphatic carbocycles. The van der Waals surface area contributed by atoms with E-state index in [0.717, 1.165) is 12.1 Å². The smallest absolute Gasteiger partial charge is 0.408 e. The van der Waals surface area contributed by atoms with Crippen molar-refractivity contribution in [2.75, 3.05) is 11.4 Å². The molecule has 1 aromatic carbocycles. The molecule has 0 saturated heterocycles. The zero-order valence-electron chi connectivity index (χ0n) is 17.6. The number of rotatable bonds is 6. The van der Waals surface area contributed by atoms with E-state index in [-0.39, 0.29) is 18.3 Å². The summed E-state index contributed by atoms with van der Waals surface area (Å²) < 4.78 is 89.2. The van der Waals surface area contributed by atoms with Gasteiger partial charge in [-0.05, 0) is 32.9 Å². The van der Waals surface area contributed by atoms with Crippen LogP contribution >= 0.6 is 0 Å². The van der Waals surface area contributed by atoms with Crippen molar-refractivity contribution >= 4 is 17.5 Å². The van der Waals surface area contributed by atoms with Crippen molar-refractivity contribution in [1.29, 1.82) is 0 Å². The molecular weight excluding hydrogens is 460 g/mol. The number of carbonyl (C=O) groups excluding carboxylic acids is 1. The molecule has 1 amide bonds. The maximum Gasteiger partial charge on any atom is 0.408 e. The lowest BCUT2D eigenvalue weighted by molar-refractivity contribution is -0.136. The molecule has 14 heteroatoms. The molecular formula is C19H19F6N5O3. The quantitative estimate of drug-likeness (QED) is 0.451. The average molecular weight is 479 g/mol. The molecule has 0 spiro atoms.